The van der Waals surface area contributed by atoms with E-state index in [-0.39, 0.29) is 6.29 Å². The highest BCUT2D eigenvalue weighted by molar-refractivity contribution is 5.64. The van der Waals surface area contributed by atoms with Gasteiger partial charge in [-0.05, 0) is 20.3 Å². The molecule has 0 aromatic heterocycles. The molecule has 15 heavy (non-hydrogen) atoms. The van der Waals surface area contributed by atoms with Crippen molar-refractivity contribution in [3.63, 3.8) is 0 Å². The third-order valence-corrected chi connectivity index (χ3v) is 1.97. The fourth-order valence-electron chi connectivity index (χ4n) is 1.18. The normalized spacial score (nSPS) is 10.7. The van der Waals surface area contributed by atoms with Gasteiger partial charge in [0.25, 0.3) is 0 Å². The molecule has 5 heteroatoms. The van der Waals surface area contributed by atoms with Crippen LogP contribution < -0.4 is 0 Å². The summed E-state index contributed by atoms with van der Waals surface area (Å²) in [6.45, 7) is 5.55. The van der Waals surface area contributed by atoms with Crippen molar-refractivity contribution in [2.75, 3.05) is 26.8 Å². The number of hydrogen-bond donors (Lipinski definition) is 1. The first-order valence-electron chi connectivity index (χ1n) is 5.29. The molecule has 0 bridgehead atoms. The molecule has 0 atom stereocenters. The lowest BCUT2D eigenvalue weighted by Gasteiger charge is -2.18. The van der Waals surface area contributed by atoms with Crippen LogP contribution in [0.4, 0.5) is 4.79 Å². The number of nitrogens with zero attached hydrogens (tertiary/aromatic N) is 1. The van der Waals surface area contributed by atoms with Gasteiger partial charge in [0.1, 0.15) is 0 Å². The van der Waals surface area contributed by atoms with Gasteiger partial charge in [-0.25, -0.2) is 4.79 Å². The van der Waals surface area contributed by atoms with Gasteiger partial charge in [0, 0.05) is 33.2 Å². The Kier molecular flexibility index (Phi) is 8.04. The molecule has 0 saturated heterocycles. The predicted molar refractivity (Wildman–Crippen MR) is 56.9 cm³/mol. The molecule has 5 nitrogen and oxygen atoms in total. The van der Waals surface area contributed by atoms with Crippen LogP contribution in [0.1, 0.15) is 26.7 Å². The highest BCUT2D eigenvalue weighted by atomic mass is 16.7. The Morgan fingerprint density at radius 2 is 1.87 bits per heavy atom. The third-order valence-electron chi connectivity index (χ3n) is 1.97. The van der Waals surface area contributed by atoms with Crippen molar-refractivity contribution < 1.29 is 19.4 Å². The molecule has 0 spiro atoms. The Morgan fingerprint density at radius 3 is 2.27 bits per heavy atom. The molecular weight excluding hydrogens is 198 g/mol. The lowest BCUT2D eigenvalue weighted by Crippen LogP contribution is -2.27. The van der Waals surface area contributed by atoms with Crippen LogP contribution in [0.25, 0.3) is 0 Å². The Morgan fingerprint density at radius 1 is 1.33 bits per heavy atom. The van der Waals surface area contributed by atoms with Gasteiger partial charge < -0.3 is 19.5 Å². The highest BCUT2D eigenvalue weighted by Gasteiger charge is 2.09. The minimum absolute atomic E-state index is 0.206. The van der Waals surface area contributed by atoms with Gasteiger partial charge in [-0.2, -0.15) is 0 Å². The zero-order valence-electron chi connectivity index (χ0n) is 9.73. The van der Waals surface area contributed by atoms with Crippen molar-refractivity contribution in [3.05, 3.63) is 0 Å². The molecule has 0 saturated carbocycles. The summed E-state index contributed by atoms with van der Waals surface area (Å²) in [5.41, 5.74) is 0. The number of ether oxygens (including phenoxy) is 2. The Balaban J connectivity index is 3.64. The summed E-state index contributed by atoms with van der Waals surface area (Å²) in [6, 6.07) is 0. The molecule has 0 aromatic rings. The molecular formula is C10H21NO4. The van der Waals surface area contributed by atoms with Gasteiger partial charge in [0.15, 0.2) is 6.29 Å². The summed E-state index contributed by atoms with van der Waals surface area (Å²) in [4.78, 5) is 11.7. The first-order chi connectivity index (χ1) is 7.11. The molecule has 0 fully saturated rings. The average molecular weight is 219 g/mol. The first-order valence-corrected chi connectivity index (χ1v) is 5.29. The van der Waals surface area contributed by atoms with Crippen LogP contribution in [0.15, 0.2) is 0 Å². The van der Waals surface area contributed by atoms with Gasteiger partial charge >= 0.3 is 6.09 Å². The zero-order valence-corrected chi connectivity index (χ0v) is 9.73. The maximum Gasteiger partial charge on any atom is 0.407 e. The second-order valence-electron chi connectivity index (χ2n) is 3.19. The molecule has 0 aliphatic heterocycles. The van der Waals surface area contributed by atoms with Crippen molar-refractivity contribution >= 4 is 6.09 Å². The van der Waals surface area contributed by atoms with Crippen LogP contribution in [0, 0.1) is 0 Å². The maximum atomic E-state index is 10.5. The summed E-state index contributed by atoms with van der Waals surface area (Å²) >= 11 is 0. The lowest BCUT2D eigenvalue weighted by molar-refractivity contribution is -0.140. The minimum Gasteiger partial charge on any atom is -0.465 e. The molecule has 0 heterocycles. The van der Waals surface area contributed by atoms with E-state index in [0.29, 0.717) is 19.8 Å². The second-order valence-corrected chi connectivity index (χ2v) is 3.19. The summed E-state index contributed by atoms with van der Waals surface area (Å²) in [6.07, 6.45) is 0.355. The van der Waals surface area contributed by atoms with Crippen LogP contribution in [0.2, 0.25) is 0 Å². The second kappa shape index (κ2) is 8.49. The fraction of sp³-hybridized carbons (Fsp3) is 0.900. The van der Waals surface area contributed by atoms with E-state index >= 15 is 0 Å². The van der Waals surface area contributed by atoms with Crippen LogP contribution in [0.5, 0.6) is 0 Å². The van der Waals surface area contributed by atoms with Gasteiger partial charge in [-0.3, -0.25) is 0 Å². The van der Waals surface area contributed by atoms with Crippen LogP contribution in [-0.4, -0.2) is 49.2 Å². The zero-order chi connectivity index (χ0) is 11.7. The van der Waals surface area contributed by atoms with E-state index in [1.54, 1.807) is 7.05 Å². The van der Waals surface area contributed by atoms with Gasteiger partial charge in [0.05, 0.1) is 0 Å². The summed E-state index contributed by atoms with van der Waals surface area (Å²) < 4.78 is 10.7. The topological polar surface area (TPSA) is 59.0 Å². The predicted octanol–water partition coefficient (Wildman–Crippen LogP) is 1.78. The SMILES string of the molecule is CCOC(CCCN(C)C(=O)O)OCC. The number of carboxylic acid groups (broad SMARTS) is 1. The van der Waals surface area contributed by atoms with Gasteiger partial charge in [0.2, 0.25) is 0 Å². The summed E-state index contributed by atoms with van der Waals surface area (Å²) in [5, 5.41) is 8.62. The Bertz CT molecular complexity index is 169. The standard InChI is InChI=1S/C10H21NO4/c1-4-14-9(15-5-2)7-6-8-11(3)10(12)13/h9H,4-8H2,1-3H3,(H,12,13). The van der Waals surface area contributed by atoms with Crippen LogP contribution >= 0.6 is 0 Å². The van der Waals surface area contributed by atoms with E-state index < -0.39 is 6.09 Å². The van der Waals surface area contributed by atoms with E-state index in [1.165, 1.54) is 4.90 Å². The number of rotatable bonds is 8. The fourth-order valence-corrected chi connectivity index (χ4v) is 1.18. The monoisotopic (exact) mass is 219 g/mol. The molecule has 90 valence electrons. The molecule has 0 radical (unpaired) electrons. The van der Waals surface area contributed by atoms with Gasteiger partial charge in [-0.1, -0.05) is 0 Å². The summed E-state index contributed by atoms with van der Waals surface area (Å²) in [7, 11) is 1.55. The van der Waals surface area contributed by atoms with Gasteiger partial charge in [-0.15, -0.1) is 0 Å². The third kappa shape index (κ3) is 7.16. The number of hydrogen-bond acceptors (Lipinski definition) is 3. The molecule has 1 N–H and O–H groups in total. The summed E-state index contributed by atoms with van der Waals surface area (Å²) in [5.74, 6) is 0. The molecule has 0 unspecified atom stereocenters. The lowest BCUT2D eigenvalue weighted by atomic mass is 10.3. The average Bonchev–Trinajstić information content (AvgIpc) is 2.18. The number of amides is 1. The minimum atomic E-state index is -0.903. The first kappa shape index (κ1) is 14.2. The van der Waals surface area contributed by atoms with Crippen molar-refractivity contribution in [1.29, 1.82) is 0 Å². The van der Waals surface area contributed by atoms with Crippen molar-refractivity contribution in [2.24, 2.45) is 0 Å². The van der Waals surface area contributed by atoms with Crippen LogP contribution in [0.3, 0.4) is 0 Å². The molecule has 0 rings (SSSR count). The van der Waals surface area contributed by atoms with E-state index in [9.17, 15) is 4.79 Å². The Labute approximate surface area is 91.0 Å². The van der Waals surface area contributed by atoms with Crippen molar-refractivity contribution in [2.45, 2.75) is 33.0 Å². The van der Waals surface area contributed by atoms with E-state index in [0.717, 1.165) is 12.8 Å². The molecule has 1 amide bonds. The number of carbonyl (C=O) groups is 1. The van der Waals surface area contributed by atoms with E-state index in [4.69, 9.17) is 14.6 Å². The van der Waals surface area contributed by atoms with Crippen LogP contribution in [-0.2, 0) is 9.47 Å². The van der Waals surface area contributed by atoms with Crippen molar-refractivity contribution in [1.82, 2.24) is 4.90 Å². The Hall–Kier alpha value is -0.810. The van der Waals surface area contributed by atoms with Crippen molar-refractivity contribution in [3.8, 4) is 0 Å². The highest BCUT2D eigenvalue weighted by Crippen LogP contribution is 2.05. The molecule has 0 aliphatic carbocycles. The molecule has 0 aromatic carbocycles. The largest absolute Gasteiger partial charge is 0.465 e. The van der Waals surface area contributed by atoms with E-state index in [2.05, 4.69) is 0 Å². The molecule has 0 aliphatic rings. The van der Waals surface area contributed by atoms with E-state index in [1.807, 2.05) is 13.8 Å². The quantitative estimate of drug-likeness (QED) is 0.632. The maximum absolute atomic E-state index is 10.5. The smallest absolute Gasteiger partial charge is 0.407 e.